The normalized spacial score (nSPS) is 14.0. The zero-order chi connectivity index (χ0) is 19.1. The van der Waals surface area contributed by atoms with E-state index >= 15 is 0 Å². The summed E-state index contributed by atoms with van der Waals surface area (Å²) in [5, 5.41) is 0. The Morgan fingerprint density at radius 3 is 2.22 bits per heavy atom. The fourth-order valence-electron chi connectivity index (χ4n) is 2.64. The summed E-state index contributed by atoms with van der Waals surface area (Å²) in [7, 11) is 1.68. The van der Waals surface area contributed by atoms with Gasteiger partial charge < -0.3 is 19.4 Å². The van der Waals surface area contributed by atoms with Crippen molar-refractivity contribution in [2.75, 3.05) is 56.2 Å². The molecule has 2 aromatic rings. The number of esters is 1. The number of rotatable bonds is 6. The first kappa shape index (κ1) is 18.5. The molecule has 0 unspecified atom stereocenters. The number of carbonyl (C=O) groups excluding carboxylic acids is 2. The SMILES string of the molecule is CN(CC(=O)OCC(=O)N1CCN(c2ncccn2)CC1)c1ncccn1. The number of carbonyl (C=O) groups is 2. The molecule has 0 aliphatic carbocycles. The minimum atomic E-state index is -0.505. The van der Waals surface area contributed by atoms with Gasteiger partial charge in [0.05, 0.1) is 0 Å². The summed E-state index contributed by atoms with van der Waals surface area (Å²) in [6, 6.07) is 3.46. The highest BCUT2D eigenvalue weighted by molar-refractivity contribution is 5.82. The third kappa shape index (κ3) is 5.09. The Labute approximate surface area is 156 Å². The van der Waals surface area contributed by atoms with Crippen molar-refractivity contribution >= 4 is 23.8 Å². The lowest BCUT2D eigenvalue weighted by atomic mass is 10.3. The van der Waals surface area contributed by atoms with Gasteiger partial charge in [0.15, 0.2) is 6.61 Å². The van der Waals surface area contributed by atoms with Crippen LogP contribution in [0.25, 0.3) is 0 Å². The summed E-state index contributed by atoms with van der Waals surface area (Å²) in [6.07, 6.45) is 6.56. The number of hydrogen-bond acceptors (Lipinski definition) is 9. The van der Waals surface area contributed by atoms with Gasteiger partial charge in [-0.3, -0.25) is 9.59 Å². The van der Waals surface area contributed by atoms with E-state index in [9.17, 15) is 9.59 Å². The highest BCUT2D eigenvalue weighted by Crippen LogP contribution is 2.10. The summed E-state index contributed by atoms with van der Waals surface area (Å²) in [5.74, 6) is 0.354. The molecule has 1 amide bonds. The maximum atomic E-state index is 12.3. The molecule has 0 radical (unpaired) electrons. The maximum absolute atomic E-state index is 12.3. The van der Waals surface area contributed by atoms with Crippen molar-refractivity contribution in [3.63, 3.8) is 0 Å². The van der Waals surface area contributed by atoms with Crippen LogP contribution in [0.4, 0.5) is 11.9 Å². The Morgan fingerprint density at radius 1 is 1.00 bits per heavy atom. The molecule has 27 heavy (non-hydrogen) atoms. The number of hydrogen-bond donors (Lipinski definition) is 0. The average Bonchev–Trinajstić information content (AvgIpc) is 2.73. The van der Waals surface area contributed by atoms with E-state index in [1.165, 1.54) is 0 Å². The van der Waals surface area contributed by atoms with Crippen LogP contribution in [0.5, 0.6) is 0 Å². The molecule has 10 nitrogen and oxygen atoms in total. The first-order valence-electron chi connectivity index (χ1n) is 8.57. The summed E-state index contributed by atoms with van der Waals surface area (Å²) < 4.78 is 5.10. The van der Waals surface area contributed by atoms with Crippen LogP contribution >= 0.6 is 0 Å². The van der Waals surface area contributed by atoms with Crippen LogP contribution in [0, 0.1) is 0 Å². The molecule has 1 saturated heterocycles. The molecule has 0 atom stereocenters. The third-order valence-corrected chi connectivity index (χ3v) is 4.08. The zero-order valence-electron chi connectivity index (χ0n) is 15.1. The van der Waals surface area contributed by atoms with Crippen molar-refractivity contribution in [2.24, 2.45) is 0 Å². The maximum Gasteiger partial charge on any atom is 0.326 e. The Morgan fingerprint density at radius 2 is 1.59 bits per heavy atom. The van der Waals surface area contributed by atoms with E-state index in [0.29, 0.717) is 38.1 Å². The van der Waals surface area contributed by atoms with E-state index in [1.807, 2.05) is 4.90 Å². The number of anilines is 2. The van der Waals surface area contributed by atoms with E-state index in [2.05, 4.69) is 19.9 Å². The highest BCUT2D eigenvalue weighted by atomic mass is 16.5. The lowest BCUT2D eigenvalue weighted by Crippen LogP contribution is -2.50. The lowest BCUT2D eigenvalue weighted by Gasteiger charge is -2.34. The molecule has 1 aliphatic rings. The molecule has 1 aliphatic heterocycles. The second-order valence-electron chi connectivity index (χ2n) is 5.98. The van der Waals surface area contributed by atoms with Crippen LogP contribution in [0.3, 0.4) is 0 Å². The van der Waals surface area contributed by atoms with Gasteiger partial charge in [0, 0.05) is 58.0 Å². The van der Waals surface area contributed by atoms with Gasteiger partial charge in [-0.2, -0.15) is 0 Å². The van der Waals surface area contributed by atoms with Crippen molar-refractivity contribution in [1.82, 2.24) is 24.8 Å². The second-order valence-corrected chi connectivity index (χ2v) is 5.98. The van der Waals surface area contributed by atoms with Gasteiger partial charge in [0.25, 0.3) is 5.91 Å². The highest BCUT2D eigenvalue weighted by Gasteiger charge is 2.23. The van der Waals surface area contributed by atoms with Crippen LogP contribution in [-0.2, 0) is 14.3 Å². The van der Waals surface area contributed by atoms with Gasteiger partial charge in [-0.15, -0.1) is 0 Å². The number of nitrogens with zero attached hydrogens (tertiary/aromatic N) is 7. The molecule has 3 rings (SSSR count). The average molecular weight is 371 g/mol. The predicted molar refractivity (Wildman–Crippen MR) is 97.1 cm³/mol. The molecule has 0 aromatic carbocycles. The molecule has 0 spiro atoms. The van der Waals surface area contributed by atoms with Crippen LogP contribution in [0.15, 0.2) is 36.9 Å². The van der Waals surface area contributed by atoms with Crippen molar-refractivity contribution in [3.05, 3.63) is 36.9 Å². The Hall–Kier alpha value is -3.30. The third-order valence-electron chi connectivity index (χ3n) is 4.08. The summed E-state index contributed by atoms with van der Waals surface area (Å²) >= 11 is 0. The fourth-order valence-corrected chi connectivity index (χ4v) is 2.64. The van der Waals surface area contributed by atoms with E-state index in [0.717, 1.165) is 0 Å². The first-order valence-corrected chi connectivity index (χ1v) is 8.57. The molecule has 0 N–H and O–H groups in total. The van der Waals surface area contributed by atoms with Gasteiger partial charge in [-0.1, -0.05) is 0 Å². The molecule has 2 aromatic heterocycles. The van der Waals surface area contributed by atoms with Gasteiger partial charge in [-0.25, -0.2) is 19.9 Å². The number of piperazine rings is 1. The minimum Gasteiger partial charge on any atom is -0.454 e. The summed E-state index contributed by atoms with van der Waals surface area (Å²) in [4.78, 5) is 46.0. The number of likely N-dealkylation sites (N-methyl/N-ethyl adjacent to an activating group) is 1. The number of ether oxygens (including phenoxy) is 1. The van der Waals surface area contributed by atoms with Crippen molar-refractivity contribution in [2.45, 2.75) is 0 Å². The molecule has 1 fully saturated rings. The Balaban J connectivity index is 1.40. The zero-order valence-corrected chi connectivity index (χ0v) is 15.1. The predicted octanol–water partition coefficient (Wildman–Crippen LogP) is -0.405. The fraction of sp³-hybridized carbons (Fsp3) is 0.412. The van der Waals surface area contributed by atoms with E-state index in [1.54, 1.807) is 53.8 Å². The molecular weight excluding hydrogens is 350 g/mol. The van der Waals surface area contributed by atoms with Crippen LogP contribution in [0.1, 0.15) is 0 Å². The molecule has 10 heteroatoms. The summed E-state index contributed by atoms with van der Waals surface area (Å²) in [5.41, 5.74) is 0. The Kier molecular flexibility index (Phi) is 6.08. The van der Waals surface area contributed by atoms with Crippen molar-refractivity contribution in [3.8, 4) is 0 Å². The van der Waals surface area contributed by atoms with Crippen LogP contribution < -0.4 is 9.80 Å². The van der Waals surface area contributed by atoms with Gasteiger partial charge in [-0.05, 0) is 12.1 Å². The van der Waals surface area contributed by atoms with Crippen LogP contribution in [-0.4, -0.2) is 83.1 Å². The van der Waals surface area contributed by atoms with Gasteiger partial charge >= 0.3 is 5.97 Å². The van der Waals surface area contributed by atoms with Crippen molar-refractivity contribution in [1.29, 1.82) is 0 Å². The molecular formula is C17H21N7O3. The first-order chi connectivity index (χ1) is 13.1. The molecule has 3 heterocycles. The second kappa shape index (κ2) is 8.88. The number of aromatic nitrogens is 4. The topological polar surface area (TPSA) is 105 Å². The van der Waals surface area contributed by atoms with Gasteiger partial charge in [0.1, 0.15) is 6.54 Å². The lowest BCUT2D eigenvalue weighted by molar-refractivity contribution is -0.151. The Bertz CT molecular complexity index is 752. The van der Waals surface area contributed by atoms with Crippen molar-refractivity contribution < 1.29 is 14.3 Å². The minimum absolute atomic E-state index is 0.0313. The molecule has 0 bridgehead atoms. The van der Waals surface area contributed by atoms with E-state index in [4.69, 9.17) is 4.74 Å². The number of amides is 1. The monoisotopic (exact) mass is 371 g/mol. The molecule has 0 saturated carbocycles. The standard InChI is InChI=1S/C17H21N7O3/c1-22(16-18-4-2-5-19-16)12-15(26)27-13-14(25)23-8-10-24(11-9-23)17-20-6-3-7-21-17/h2-7H,8-13H2,1H3. The molecule has 142 valence electrons. The van der Waals surface area contributed by atoms with Crippen LogP contribution in [0.2, 0.25) is 0 Å². The van der Waals surface area contributed by atoms with E-state index in [-0.39, 0.29) is 19.1 Å². The summed E-state index contributed by atoms with van der Waals surface area (Å²) in [6.45, 7) is 2.04. The largest absolute Gasteiger partial charge is 0.454 e. The smallest absolute Gasteiger partial charge is 0.326 e. The quantitative estimate of drug-likeness (QED) is 0.627. The van der Waals surface area contributed by atoms with Gasteiger partial charge in [0.2, 0.25) is 11.9 Å². The van der Waals surface area contributed by atoms with E-state index < -0.39 is 5.97 Å².